The second-order valence-corrected chi connectivity index (χ2v) is 9.62. The van der Waals surface area contributed by atoms with Crippen LogP contribution >= 0.6 is 11.3 Å². The number of phenolic OH excluding ortho intramolecular Hbond substituents is 1. The van der Waals surface area contributed by atoms with Gasteiger partial charge in [0.1, 0.15) is 16.4 Å². The first-order chi connectivity index (χ1) is 18.6. The minimum Gasteiger partial charge on any atom is -0.507 e. The maximum atomic E-state index is 13.5. The van der Waals surface area contributed by atoms with Crippen molar-refractivity contribution in [2.75, 3.05) is 25.2 Å². The Labute approximate surface area is 229 Å². The molecule has 204 valence electrons. The lowest BCUT2D eigenvalue weighted by Gasteiger charge is -2.24. The lowest BCUT2D eigenvalue weighted by atomic mass is 9.93. The van der Waals surface area contributed by atoms with E-state index in [1.54, 1.807) is 45.9 Å². The molecule has 0 radical (unpaired) electrons. The van der Waals surface area contributed by atoms with Crippen LogP contribution in [0.5, 0.6) is 17.2 Å². The number of aryl methyl sites for hydroxylation is 2. The van der Waals surface area contributed by atoms with E-state index in [2.05, 4.69) is 4.98 Å². The second-order valence-electron chi connectivity index (χ2n) is 8.64. The van der Waals surface area contributed by atoms with E-state index in [0.29, 0.717) is 28.1 Å². The number of anilines is 1. The van der Waals surface area contributed by atoms with E-state index in [4.69, 9.17) is 14.2 Å². The summed E-state index contributed by atoms with van der Waals surface area (Å²) in [5.74, 6) is -2.25. The number of amides is 1. The number of phenols is 1. The SMILES string of the molecule is CCOC(=O)c1sc(N2C(=O)C(=O)/C(=C(/O)c3ccc(OC)cc3C)[C@H]2c2ccc(O)c(OCC)c2)nc1C. The molecular weight excluding hydrogens is 524 g/mol. The van der Waals surface area contributed by atoms with E-state index in [-0.39, 0.29) is 46.1 Å². The minimum absolute atomic E-state index is 0.0826. The number of benzene rings is 2. The summed E-state index contributed by atoms with van der Waals surface area (Å²) in [6.45, 7) is 7.19. The molecule has 39 heavy (non-hydrogen) atoms. The van der Waals surface area contributed by atoms with Gasteiger partial charge in [-0.25, -0.2) is 9.78 Å². The van der Waals surface area contributed by atoms with Gasteiger partial charge >= 0.3 is 11.9 Å². The number of aliphatic hydroxyl groups is 1. The van der Waals surface area contributed by atoms with E-state index in [1.165, 1.54) is 25.3 Å². The first-order valence-corrected chi connectivity index (χ1v) is 13.0. The quantitative estimate of drug-likeness (QED) is 0.177. The molecule has 1 aromatic heterocycles. The van der Waals surface area contributed by atoms with Crippen LogP contribution in [-0.4, -0.2) is 53.2 Å². The van der Waals surface area contributed by atoms with Crippen LogP contribution < -0.4 is 14.4 Å². The summed E-state index contributed by atoms with van der Waals surface area (Å²) in [5.41, 5.74) is 1.50. The molecule has 0 unspecified atom stereocenters. The number of thiazole rings is 1. The summed E-state index contributed by atoms with van der Waals surface area (Å²) in [5, 5.41) is 21.8. The smallest absolute Gasteiger partial charge is 0.350 e. The highest BCUT2D eigenvalue weighted by Gasteiger charge is 2.48. The van der Waals surface area contributed by atoms with Gasteiger partial charge in [-0.1, -0.05) is 17.4 Å². The molecule has 1 aliphatic heterocycles. The molecule has 1 amide bonds. The molecular formula is C28H28N2O8S. The first-order valence-electron chi connectivity index (χ1n) is 12.2. The second kappa shape index (κ2) is 11.2. The molecule has 1 aliphatic rings. The fraction of sp³-hybridized carbons (Fsp3) is 0.286. The topological polar surface area (TPSA) is 135 Å². The first kappa shape index (κ1) is 27.6. The Morgan fingerprint density at radius 2 is 1.85 bits per heavy atom. The molecule has 10 nitrogen and oxygen atoms in total. The molecule has 0 saturated carbocycles. The van der Waals surface area contributed by atoms with Gasteiger partial charge in [0.2, 0.25) is 0 Å². The average molecular weight is 553 g/mol. The molecule has 3 aromatic rings. The van der Waals surface area contributed by atoms with Crippen LogP contribution in [0.2, 0.25) is 0 Å². The average Bonchev–Trinajstić information content (AvgIpc) is 3.41. The third-order valence-corrected chi connectivity index (χ3v) is 7.32. The number of aromatic hydroxyl groups is 1. The van der Waals surface area contributed by atoms with Crippen LogP contribution in [0.3, 0.4) is 0 Å². The summed E-state index contributed by atoms with van der Waals surface area (Å²) in [7, 11) is 1.52. The molecule has 0 spiro atoms. The van der Waals surface area contributed by atoms with Gasteiger partial charge in [0.05, 0.1) is 37.6 Å². The monoisotopic (exact) mass is 552 g/mol. The van der Waals surface area contributed by atoms with Gasteiger partial charge in [-0.2, -0.15) is 0 Å². The van der Waals surface area contributed by atoms with Crippen LogP contribution in [0.25, 0.3) is 5.76 Å². The molecule has 2 N–H and O–H groups in total. The molecule has 1 saturated heterocycles. The number of Topliss-reactive ketones (excluding diaryl/α,β-unsaturated/α-hetero) is 1. The number of rotatable bonds is 8. The summed E-state index contributed by atoms with van der Waals surface area (Å²) in [4.78, 5) is 45.2. The zero-order valence-electron chi connectivity index (χ0n) is 22.1. The number of nitrogens with zero attached hydrogens (tertiary/aromatic N) is 2. The van der Waals surface area contributed by atoms with Crippen LogP contribution in [0.4, 0.5) is 5.13 Å². The number of ketones is 1. The number of esters is 1. The van der Waals surface area contributed by atoms with Gasteiger partial charge in [-0.05, 0) is 69.2 Å². The molecule has 0 bridgehead atoms. The molecule has 1 fully saturated rings. The van der Waals surface area contributed by atoms with E-state index in [1.807, 2.05) is 0 Å². The number of hydrogen-bond donors (Lipinski definition) is 2. The van der Waals surface area contributed by atoms with Crippen LogP contribution in [0.1, 0.15) is 51.9 Å². The van der Waals surface area contributed by atoms with Crippen molar-refractivity contribution in [1.29, 1.82) is 0 Å². The van der Waals surface area contributed by atoms with Gasteiger partial charge in [-0.15, -0.1) is 0 Å². The highest BCUT2D eigenvalue weighted by atomic mass is 32.1. The largest absolute Gasteiger partial charge is 0.507 e. The van der Waals surface area contributed by atoms with Crippen molar-refractivity contribution in [3.8, 4) is 17.2 Å². The molecule has 4 rings (SSSR count). The maximum Gasteiger partial charge on any atom is 0.350 e. The van der Waals surface area contributed by atoms with E-state index >= 15 is 0 Å². The Hall–Kier alpha value is -4.38. The highest BCUT2D eigenvalue weighted by molar-refractivity contribution is 7.17. The zero-order chi connectivity index (χ0) is 28.4. The standard InChI is InChI=1S/C28H28N2O8S/c1-6-37-20-13-16(8-11-19(20)31)22-21(23(32)18-10-9-17(36-5)12-14(18)3)24(33)26(34)30(22)28-29-15(4)25(39-28)27(35)38-7-2/h8-13,22,31-32H,6-7H2,1-5H3/b23-21+/t22-/m1/s1. The molecule has 2 heterocycles. The molecule has 2 aromatic carbocycles. The lowest BCUT2D eigenvalue weighted by molar-refractivity contribution is -0.132. The summed E-state index contributed by atoms with van der Waals surface area (Å²) < 4.78 is 15.9. The Morgan fingerprint density at radius 3 is 2.49 bits per heavy atom. The number of carbonyl (C=O) groups is 3. The molecule has 0 aliphatic carbocycles. The third-order valence-electron chi connectivity index (χ3n) is 6.18. The third kappa shape index (κ3) is 5.05. The summed E-state index contributed by atoms with van der Waals surface area (Å²) in [6.07, 6.45) is 0. The minimum atomic E-state index is -1.13. The van der Waals surface area contributed by atoms with Crippen LogP contribution in [-0.2, 0) is 14.3 Å². The number of carbonyl (C=O) groups excluding carboxylic acids is 3. The van der Waals surface area contributed by atoms with Crippen molar-refractivity contribution in [1.82, 2.24) is 4.98 Å². The maximum absolute atomic E-state index is 13.5. The Kier molecular flexibility index (Phi) is 7.91. The van der Waals surface area contributed by atoms with E-state index in [0.717, 1.165) is 16.2 Å². The van der Waals surface area contributed by atoms with Gasteiger partial charge in [0, 0.05) is 5.56 Å². The zero-order valence-corrected chi connectivity index (χ0v) is 22.9. The fourth-order valence-corrected chi connectivity index (χ4v) is 5.35. The van der Waals surface area contributed by atoms with Gasteiger partial charge < -0.3 is 24.4 Å². The van der Waals surface area contributed by atoms with Crippen LogP contribution in [0.15, 0.2) is 42.0 Å². The van der Waals surface area contributed by atoms with Crippen molar-refractivity contribution in [3.05, 3.63) is 69.2 Å². The van der Waals surface area contributed by atoms with E-state index in [9.17, 15) is 24.6 Å². The van der Waals surface area contributed by atoms with Gasteiger partial charge in [0.25, 0.3) is 5.78 Å². The number of ether oxygens (including phenoxy) is 3. The van der Waals surface area contributed by atoms with Gasteiger partial charge in [0.15, 0.2) is 16.6 Å². The number of methoxy groups -OCH3 is 1. The van der Waals surface area contributed by atoms with E-state index < -0.39 is 23.7 Å². The fourth-order valence-electron chi connectivity index (χ4n) is 4.36. The number of hydrogen-bond acceptors (Lipinski definition) is 10. The molecule has 1 atom stereocenters. The van der Waals surface area contributed by atoms with Crippen molar-refractivity contribution in [2.24, 2.45) is 0 Å². The molecule has 11 heteroatoms. The summed E-state index contributed by atoms with van der Waals surface area (Å²) >= 11 is 0.910. The lowest BCUT2D eigenvalue weighted by Crippen LogP contribution is -2.29. The highest BCUT2D eigenvalue weighted by Crippen LogP contribution is 2.45. The van der Waals surface area contributed by atoms with Crippen molar-refractivity contribution < 1.29 is 38.8 Å². The van der Waals surface area contributed by atoms with Gasteiger partial charge in [-0.3, -0.25) is 14.5 Å². The van der Waals surface area contributed by atoms with Crippen LogP contribution in [0, 0.1) is 13.8 Å². The normalized spacial score (nSPS) is 16.4. The Morgan fingerprint density at radius 1 is 1.10 bits per heavy atom. The van der Waals surface area contributed by atoms with Crippen molar-refractivity contribution in [3.63, 3.8) is 0 Å². The number of aromatic nitrogens is 1. The number of aliphatic hydroxyl groups excluding tert-OH is 1. The predicted molar refractivity (Wildman–Crippen MR) is 145 cm³/mol. The van der Waals surface area contributed by atoms with Crippen molar-refractivity contribution in [2.45, 2.75) is 33.7 Å². The summed E-state index contributed by atoms with van der Waals surface area (Å²) in [6, 6.07) is 8.22. The Balaban J connectivity index is 1.96. The van der Waals surface area contributed by atoms with Crippen molar-refractivity contribution >= 4 is 39.9 Å². The predicted octanol–water partition coefficient (Wildman–Crippen LogP) is 4.68. The Bertz CT molecular complexity index is 1490.